The first-order valence-electron chi connectivity index (χ1n) is 8.28. The molecule has 2 aromatic heterocycles. The molecule has 0 saturated heterocycles. The van der Waals surface area contributed by atoms with Crippen molar-refractivity contribution in [1.29, 1.82) is 0 Å². The van der Waals surface area contributed by atoms with Crippen LogP contribution in [0.15, 0.2) is 48.8 Å². The normalized spacial score (nSPS) is 16.6. The summed E-state index contributed by atoms with van der Waals surface area (Å²) in [6.07, 6.45) is 10.8. The molecule has 0 unspecified atom stereocenters. The average Bonchev–Trinajstić information content (AvgIpc) is 2.57. The minimum absolute atomic E-state index is 0.338. The number of pyridine rings is 2. The summed E-state index contributed by atoms with van der Waals surface area (Å²) in [5.41, 5.74) is 1.18. The van der Waals surface area contributed by atoms with Crippen molar-refractivity contribution >= 4 is 0 Å². The van der Waals surface area contributed by atoms with E-state index in [-0.39, 0.29) is 0 Å². The lowest BCUT2D eigenvalue weighted by Gasteiger charge is -2.38. The number of hydrogen-bond acceptors (Lipinski definition) is 3. The van der Waals surface area contributed by atoms with Crippen molar-refractivity contribution in [3.05, 3.63) is 60.2 Å². The Hall–Kier alpha value is -1.74. The molecule has 0 aromatic carbocycles. The van der Waals surface area contributed by atoms with Crippen LogP contribution < -0.4 is 0 Å². The molecule has 1 N–H and O–H groups in total. The average molecular weight is 296 g/mol. The fourth-order valence-corrected chi connectivity index (χ4v) is 3.62. The molecule has 3 nitrogen and oxygen atoms in total. The Bertz CT molecular complexity index is 523. The minimum Gasteiger partial charge on any atom is -0.389 e. The van der Waals surface area contributed by atoms with Gasteiger partial charge in [0.25, 0.3) is 0 Å². The molecule has 1 aliphatic rings. The summed E-state index contributed by atoms with van der Waals surface area (Å²) in [6, 6.07) is 11.8. The van der Waals surface area contributed by atoms with Gasteiger partial charge < -0.3 is 5.11 Å². The van der Waals surface area contributed by atoms with E-state index in [9.17, 15) is 5.11 Å². The summed E-state index contributed by atoms with van der Waals surface area (Å²) in [4.78, 5) is 8.84. The molecule has 0 radical (unpaired) electrons. The Balaban J connectivity index is 1.83. The van der Waals surface area contributed by atoms with Crippen LogP contribution in [0.2, 0.25) is 0 Å². The van der Waals surface area contributed by atoms with Crippen LogP contribution in [0.25, 0.3) is 0 Å². The first-order chi connectivity index (χ1) is 10.8. The van der Waals surface area contributed by atoms with Gasteiger partial charge in [-0.3, -0.25) is 9.97 Å². The van der Waals surface area contributed by atoms with Gasteiger partial charge in [-0.25, -0.2) is 0 Å². The molecule has 0 aliphatic heterocycles. The summed E-state index contributed by atoms with van der Waals surface area (Å²) < 4.78 is 0. The van der Waals surface area contributed by atoms with Crippen molar-refractivity contribution in [2.45, 2.75) is 50.5 Å². The van der Waals surface area contributed by atoms with Gasteiger partial charge in [-0.1, -0.05) is 31.4 Å². The maximum absolute atomic E-state index is 11.5. The lowest BCUT2D eigenvalue weighted by atomic mass is 9.72. The van der Waals surface area contributed by atoms with E-state index in [1.807, 2.05) is 36.4 Å². The van der Waals surface area contributed by atoms with Crippen LogP contribution in [0.5, 0.6) is 0 Å². The summed E-state index contributed by atoms with van der Waals surface area (Å²) in [6.45, 7) is 0. The number of hydrogen-bond donors (Lipinski definition) is 1. The fourth-order valence-electron chi connectivity index (χ4n) is 3.62. The molecule has 1 aliphatic carbocycles. The molecular formula is C19H24N2O. The van der Waals surface area contributed by atoms with Crippen molar-refractivity contribution in [2.75, 3.05) is 0 Å². The molecule has 3 heteroatoms. The predicted molar refractivity (Wildman–Crippen MR) is 87.4 cm³/mol. The highest BCUT2D eigenvalue weighted by Gasteiger charge is 2.38. The van der Waals surface area contributed by atoms with E-state index >= 15 is 0 Å². The quantitative estimate of drug-likeness (QED) is 0.917. The van der Waals surface area contributed by atoms with Crippen molar-refractivity contribution in [3.8, 4) is 0 Å². The third-order valence-corrected chi connectivity index (χ3v) is 4.79. The second-order valence-electron chi connectivity index (χ2n) is 6.43. The Morgan fingerprint density at radius 1 is 0.864 bits per heavy atom. The third-order valence-electron chi connectivity index (χ3n) is 4.79. The van der Waals surface area contributed by atoms with Gasteiger partial charge >= 0.3 is 0 Å². The molecule has 116 valence electrons. The zero-order valence-corrected chi connectivity index (χ0v) is 13.0. The van der Waals surface area contributed by atoms with Gasteiger partial charge in [0.1, 0.15) is 0 Å². The van der Waals surface area contributed by atoms with Crippen LogP contribution in [0.1, 0.15) is 43.5 Å². The highest BCUT2D eigenvalue weighted by Crippen LogP contribution is 2.36. The Kier molecular flexibility index (Phi) is 4.84. The first-order valence-corrected chi connectivity index (χ1v) is 8.28. The summed E-state index contributed by atoms with van der Waals surface area (Å²) >= 11 is 0. The highest BCUT2D eigenvalue weighted by atomic mass is 16.3. The Morgan fingerprint density at radius 2 is 1.41 bits per heavy atom. The van der Waals surface area contributed by atoms with E-state index in [0.29, 0.717) is 18.8 Å². The maximum atomic E-state index is 11.5. The van der Waals surface area contributed by atoms with E-state index in [4.69, 9.17) is 0 Å². The number of aromatic nitrogens is 2. The van der Waals surface area contributed by atoms with E-state index in [1.165, 1.54) is 19.3 Å². The van der Waals surface area contributed by atoms with Crippen LogP contribution in [0.3, 0.4) is 0 Å². The van der Waals surface area contributed by atoms with E-state index < -0.39 is 5.60 Å². The van der Waals surface area contributed by atoms with Crippen LogP contribution >= 0.6 is 0 Å². The van der Waals surface area contributed by atoms with Crippen LogP contribution in [0, 0.1) is 5.92 Å². The second-order valence-corrected chi connectivity index (χ2v) is 6.43. The molecule has 3 rings (SSSR count). The van der Waals surface area contributed by atoms with Crippen LogP contribution in [-0.4, -0.2) is 20.7 Å². The molecule has 1 fully saturated rings. The lowest BCUT2D eigenvalue weighted by molar-refractivity contribution is -0.0339. The molecule has 0 amide bonds. The van der Waals surface area contributed by atoms with E-state index in [2.05, 4.69) is 9.97 Å². The zero-order chi connectivity index (χ0) is 15.3. The fraction of sp³-hybridized carbons (Fsp3) is 0.474. The van der Waals surface area contributed by atoms with Gasteiger partial charge in [-0.05, 0) is 43.0 Å². The van der Waals surface area contributed by atoms with Gasteiger partial charge in [0.2, 0.25) is 0 Å². The van der Waals surface area contributed by atoms with Gasteiger partial charge in [0, 0.05) is 36.6 Å². The molecule has 0 spiro atoms. The smallest absolute Gasteiger partial charge is 0.0786 e. The van der Waals surface area contributed by atoms with Crippen molar-refractivity contribution in [3.63, 3.8) is 0 Å². The topological polar surface area (TPSA) is 46.0 Å². The molecule has 2 heterocycles. The first kappa shape index (κ1) is 15.2. The van der Waals surface area contributed by atoms with Crippen molar-refractivity contribution in [2.24, 2.45) is 5.92 Å². The molecular weight excluding hydrogens is 272 g/mol. The van der Waals surface area contributed by atoms with E-state index in [0.717, 1.165) is 24.2 Å². The van der Waals surface area contributed by atoms with E-state index in [1.54, 1.807) is 12.4 Å². The number of aliphatic hydroxyl groups is 1. The summed E-state index contributed by atoms with van der Waals surface area (Å²) in [5.74, 6) is 0.338. The third kappa shape index (κ3) is 3.72. The van der Waals surface area contributed by atoms with Gasteiger partial charge in [-0.15, -0.1) is 0 Å². The predicted octanol–water partition coefficient (Wildman–Crippen LogP) is 3.57. The van der Waals surface area contributed by atoms with Gasteiger partial charge in [0.05, 0.1) is 5.60 Å². The number of nitrogens with zero attached hydrogens (tertiary/aromatic N) is 2. The van der Waals surface area contributed by atoms with Crippen LogP contribution in [0.4, 0.5) is 0 Å². The summed E-state index contributed by atoms with van der Waals surface area (Å²) in [5, 5.41) is 11.5. The number of rotatable bonds is 5. The van der Waals surface area contributed by atoms with Crippen LogP contribution in [-0.2, 0) is 12.8 Å². The Labute approximate surface area is 132 Å². The molecule has 2 aromatic rings. The highest BCUT2D eigenvalue weighted by molar-refractivity contribution is 5.13. The second kappa shape index (κ2) is 7.01. The summed E-state index contributed by atoms with van der Waals surface area (Å²) in [7, 11) is 0. The largest absolute Gasteiger partial charge is 0.389 e. The maximum Gasteiger partial charge on any atom is 0.0786 e. The van der Waals surface area contributed by atoms with Gasteiger partial charge in [0.15, 0.2) is 0 Å². The van der Waals surface area contributed by atoms with Gasteiger partial charge in [-0.2, -0.15) is 0 Å². The standard InChI is InChI=1S/C19H24N2O/c22-19(16-8-2-1-3-9-16,14-17-10-4-6-12-20-17)15-18-11-5-7-13-21-18/h4-7,10-13,16,22H,1-3,8-9,14-15H2. The molecule has 0 bridgehead atoms. The molecule has 22 heavy (non-hydrogen) atoms. The van der Waals surface area contributed by atoms with Crippen molar-refractivity contribution in [1.82, 2.24) is 9.97 Å². The lowest BCUT2D eigenvalue weighted by Crippen LogP contribution is -2.43. The Morgan fingerprint density at radius 3 is 1.86 bits per heavy atom. The zero-order valence-electron chi connectivity index (χ0n) is 13.0. The van der Waals surface area contributed by atoms with Crippen molar-refractivity contribution < 1.29 is 5.11 Å². The molecule has 0 atom stereocenters. The monoisotopic (exact) mass is 296 g/mol. The molecule has 1 saturated carbocycles. The minimum atomic E-state index is -0.747. The SMILES string of the molecule is OC(Cc1ccccn1)(Cc1ccccn1)C1CCCCC1.